The zero-order chi connectivity index (χ0) is 18.0. The van der Waals surface area contributed by atoms with Gasteiger partial charge in [-0.1, -0.05) is 19.1 Å². The van der Waals surface area contributed by atoms with Crippen LogP contribution in [-0.2, 0) is 11.0 Å². The molecule has 0 aliphatic carbocycles. The Morgan fingerprint density at radius 1 is 1.36 bits per heavy atom. The Bertz CT molecular complexity index is 968. The van der Waals surface area contributed by atoms with Crippen LogP contribution >= 0.6 is 15.9 Å². The Hall–Kier alpha value is -1.99. The molecule has 0 bridgehead atoms. The molecule has 2 heterocycles. The van der Waals surface area contributed by atoms with Crippen molar-refractivity contribution < 1.29 is 9.00 Å². The van der Waals surface area contributed by atoms with Crippen LogP contribution in [0.25, 0.3) is 11.0 Å². The second-order valence-electron chi connectivity index (χ2n) is 5.71. The Kier molecular flexibility index (Phi) is 5.34. The number of ketones is 1. The molecule has 3 aromatic rings. The molecule has 2 N–H and O–H groups in total. The maximum absolute atomic E-state index is 13.1. The van der Waals surface area contributed by atoms with Gasteiger partial charge in [-0.2, -0.15) is 0 Å². The summed E-state index contributed by atoms with van der Waals surface area (Å²) in [6.45, 7) is 3.84. The van der Waals surface area contributed by atoms with Crippen LogP contribution < -0.4 is 4.72 Å². The molecule has 0 saturated heterocycles. The molecule has 25 heavy (non-hydrogen) atoms. The van der Waals surface area contributed by atoms with Gasteiger partial charge in [0.1, 0.15) is 16.6 Å². The monoisotopic (exact) mass is 419 g/mol. The van der Waals surface area contributed by atoms with E-state index in [9.17, 15) is 9.00 Å². The van der Waals surface area contributed by atoms with Gasteiger partial charge in [-0.3, -0.25) is 4.79 Å². The average molecular weight is 420 g/mol. The van der Waals surface area contributed by atoms with Gasteiger partial charge in [-0.25, -0.2) is 9.19 Å². The van der Waals surface area contributed by atoms with Crippen molar-refractivity contribution in [1.29, 1.82) is 0 Å². The first-order valence-corrected chi connectivity index (χ1v) is 10.0. The highest BCUT2D eigenvalue weighted by Crippen LogP contribution is 2.26. The second-order valence-corrected chi connectivity index (χ2v) is 7.93. The minimum Gasteiger partial charge on any atom is -0.345 e. The molecular weight excluding hydrogens is 402 g/mol. The first-order chi connectivity index (χ1) is 12.0. The molecule has 7 heteroatoms. The molecule has 2 aromatic heterocycles. The van der Waals surface area contributed by atoms with Crippen LogP contribution in [0.1, 0.15) is 34.8 Å². The third kappa shape index (κ3) is 3.67. The van der Waals surface area contributed by atoms with Gasteiger partial charge in [0.15, 0.2) is 5.78 Å². The van der Waals surface area contributed by atoms with Crippen molar-refractivity contribution in [3.63, 3.8) is 0 Å². The average Bonchev–Trinajstić information content (AvgIpc) is 2.99. The quantitative estimate of drug-likeness (QED) is 0.583. The lowest BCUT2D eigenvalue weighted by atomic mass is 9.98. The van der Waals surface area contributed by atoms with Gasteiger partial charge in [-0.15, -0.1) is 0 Å². The highest BCUT2D eigenvalue weighted by atomic mass is 79.9. The summed E-state index contributed by atoms with van der Waals surface area (Å²) >= 11 is 3.39. The van der Waals surface area contributed by atoms with Gasteiger partial charge >= 0.3 is 0 Å². The zero-order valence-corrected chi connectivity index (χ0v) is 16.3. The Morgan fingerprint density at radius 3 is 2.92 bits per heavy atom. The number of carbonyl (C=O) groups excluding carboxylic acids is 1. The van der Waals surface area contributed by atoms with Gasteiger partial charge in [0.05, 0.1) is 0 Å². The summed E-state index contributed by atoms with van der Waals surface area (Å²) in [5.41, 5.74) is 3.33. The van der Waals surface area contributed by atoms with Crippen molar-refractivity contribution >= 4 is 49.4 Å². The number of hydrogen-bond donors (Lipinski definition) is 2. The molecule has 0 saturated carbocycles. The molecule has 0 fully saturated rings. The summed E-state index contributed by atoms with van der Waals surface area (Å²) in [7, 11) is -1.15. The minimum atomic E-state index is -1.15. The largest absolute Gasteiger partial charge is 0.345 e. The number of H-pyrrole nitrogens is 1. The van der Waals surface area contributed by atoms with Crippen molar-refractivity contribution in [2.24, 2.45) is 0 Å². The summed E-state index contributed by atoms with van der Waals surface area (Å²) in [6.07, 6.45) is 4.20. The van der Waals surface area contributed by atoms with E-state index < -0.39 is 11.0 Å². The molecule has 3 rings (SSSR count). The van der Waals surface area contributed by atoms with E-state index >= 15 is 0 Å². The maximum atomic E-state index is 13.1. The predicted octanol–water partition coefficient (Wildman–Crippen LogP) is 4.35. The number of halogens is 1. The van der Waals surface area contributed by atoms with Crippen LogP contribution in [0.5, 0.6) is 0 Å². The van der Waals surface area contributed by atoms with Crippen molar-refractivity contribution in [2.45, 2.75) is 20.3 Å². The molecule has 0 radical (unpaired) electrons. The smallest absolute Gasteiger partial charge is 0.195 e. The van der Waals surface area contributed by atoms with E-state index in [1.165, 1.54) is 0 Å². The molecule has 1 aromatic carbocycles. The third-order valence-electron chi connectivity index (χ3n) is 3.93. The van der Waals surface area contributed by atoms with Crippen molar-refractivity contribution in [2.75, 3.05) is 10.5 Å². The molecule has 5 nitrogen and oxygen atoms in total. The molecule has 1 atom stereocenters. The van der Waals surface area contributed by atoms with E-state index in [1.807, 2.05) is 26.0 Å². The lowest BCUT2D eigenvalue weighted by Crippen LogP contribution is -2.11. The van der Waals surface area contributed by atoms with Crippen LogP contribution in [-0.4, -0.2) is 25.7 Å². The molecule has 0 aliphatic heterocycles. The van der Waals surface area contributed by atoms with Crippen LogP contribution in [0.2, 0.25) is 0 Å². The van der Waals surface area contributed by atoms with Gasteiger partial charge in [0.2, 0.25) is 0 Å². The van der Waals surface area contributed by atoms with Crippen molar-refractivity contribution in [3.8, 4) is 0 Å². The van der Waals surface area contributed by atoms with Crippen LogP contribution in [0.3, 0.4) is 0 Å². The summed E-state index contributed by atoms with van der Waals surface area (Å²) in [4.78, 5) is 20.4. The fraction of sp³-hybridized carbons (Fsp3) is 0.222. The number of pyridine rings is 1. The van der Waals surface area contributed by atoms with Crippen LogP contribution in [0.15, 0.2) is 41.1 Å². The molecule has 1 unspecified atom stereocenters. The first-order valence-electron chi connectivity index (χ1n) is 7.93. The van der Waals surface area contributed by atoms with Gasteiger partial charge in [0, 0.05) is 44.8 Å². The lowest BCUT2D eigenvalue weighted by Gasteiger charge is -2.12. The molecule has 0 amide bonds. The summed E-state index contributed by atoms with van der Waals surface area (Å²) in [5, 5.41) is 0.770. The Morgan fingerprint density at radius 2 is 2.16 bits per heavy atom. The Balaban J connectivity index is 1.99. The first kappa shape index (κ1) is 17.8. The van der Waals surface area contributed by atoms with Gasteiger partial charge in [-0.05, 0) is 47.0 Å². The number of carbonyl (C=O) groups is 1. The highest BCUT2D eigenvalue weighted by molar-refractivity contribution is 9.10. The number of aromatic nitrogens is 2. The number of hydrogen-bond acceptors (Lipinski definition) is 3. The van der Waals surface area contributed by atoms with Crippen molar-refractivity contribution in [1.82, 2.24) is 9.97 Å². The van der Waals surface area contributed by atoms with E-state index in [0.29, 0.717) is 22.5 Å². The molecule has 0 spiro atoms. The topological polar surface area (TPSA) is 74.8 Å². The number of aromatic amines is 1. The number of fused-ring (bicyclic) bond motifs is 1. The fourth-order valence-corrected chi connectivity index (χ4v) is 3.93. The van der Waals surface area contributed by atoms with E-state index in [1.54, 1.807) is 24.5 Å². The van der Waals surface area contributed by atoms with E-state index in [4.69, 9.17) is 0 Å². The maximum Gasteiger partial charge on any atom is 0.195 e. The molecular formula is C18H18BrN3O2S. The SMILES string of the molecule is CCCS(=O)Nc1cccc(C(=O)c2c[nH]c3ncc(Br)cc23)c1C. The third-order valence-corrected chi connectivity index (χ3v) is 5.59. The normalized spacial score (nSPS) is 12.3. The van der Waals surface area contributed by atoms with Gasteiger partial charge < -0.3 is 9.71 Å². The second kappa shape index (κ2) is 7.49. The van der Waals surface area contributed by atoms with Crippen molar-refractivity contribution in [3.05, 3.63) is 57.8 Å². The number of rotatable bonds is 6. The van der Waals surface area contributed by atoms with E-state index in [0.717, 1.165) is 27.5 Å². The Labute approximate surface area is 157 Å². The van der Waals surface area contributed by atoms with E-state index in [-0.39, 0.29) is 5.78 Å². The molecule has 0 aliphatic rings. The van der Waals surface area contributed by atoms with E-state index in [2.05, 4.69) is 30.6 Å². The summed E-state index contributed by atoms with van der Waals surface area (Å²) in [5.74, 6) is 0.480. The highest BCUT2D eigenvalue weighted by Gasteiger charge is 2.18. The number of nitrogens with one attached hydrogen (secondary N) is 2. The number of anilines is 1. The summed E-state index contributed by atoms with van der Waals surface area (Å²) < 4.78 is 15.8. The molecule has 130 valence electrons. The lowest BCUT2D eigenvalue weighted by molar-refractivity contribution is 0.104. The predicted molar refractivity (Wildman–Crippen MR) is 105 cm³/mol. The minimum absolute atomic E-state index is 0.0893. The number of nitrogens with zero attached hydrogens (tertiary/aromatic N) is 1. The fourth-order valence-electron chi connectivity index (χ4n) is 2.66. The summed E-state index contributed by atoms with van der Waals surface area (Å²) in [6, 6.07) is 7.30. The van der Waals surface area contributed by atoms with Crippen LogP contribution in [0, 0.1) is 6.92 Å². The standard InChI is InChI=1S/C18H18BrN3O2S/c1-3-7-25(24)22-16-6-4-5-13(11(16)2)17(23)15-10-21-18-14(15)8-12(19)9-20-18/h4-6,8-10,22H,3,7H2,1-2H3,(H,20,21). The number of benzene rings is 1. The van der Waals surface area contributed by atoms with Gasteiger partial charge in [0.25, 0.3) is 0 Å². The zero-order valence-electron chi connectivity index (χ0n) is 13.9. The van der Waals surface area contributed by atoms with Crippen LogP contribution in [0.4, 0.5) is 5.69 Å².